The number of benzene rings is 1. The first-order valence-electron chi connectivity index (χ1n) is 8.12. The summed E-state index contributed by atoms with van der Waals surface area (Å²) in [5, 5.41) is 0. The lowest BCUT2D eigenvalue weighted by molar-refractivity contribution is -0.131. The Morgan fingerprint density at radius 1 is 1.41 bits per heavy atom. The molecule has 1 spiro atoms. The number of fused-ring (bicyclic) bond motifs is 2. The van der Waals surface area contributed by atoms with E-state index in [1.165, 1.54) is 12.8 Å². The number of amides is 1. The maximum absolute atomic E-state index is 13.1. The average molecular weight is 318 g/mol. The molecule has 0 N–H and O–H groups in total. The lowest BCUT2D eigenvalue weighted by atomic mass is 10.0. The lowest BCUT2D eigenvalue weighted by Gasteiger charge is -2.34. The van der Waals surface area contributed by atoms with Crippen LogP contribution >= 0.6 is 11.8 Å². The van der Waals surface area contributed by atoms with Gasteiger partial charge in [0.2, 0.25) is 4.93 Å². The molecule has 1 amide bonds. The van der Waals surface area contributed by atoms with Crippen molar-refractivity contribution in [3.63, 3.8) is 0 Å². The predicted octanol–water partition coefficient (Wildman–Crippen LogP) is 2.64. The number of likely N-dealkylation sites (tertiary alicyclic amines) is 1. The van der Waals surface area contributed by atoms with Gasteiger partial charge in [-0.05, 0) is 31.4 Å². The second-order valence-electron chi connectivity index (χ2n) is 6.53. The summed E-state index contributed by atoms with van der Waals surface area (Å²) in [6, 6.07) is 8.11. The fraction of sp³-hybridized carbons (Fsp3) is 0.588. The molecule has 0 aliphatic carbocycles. The summed E-state index contributed by atoms with van der Waals surface area (Å²) < 4.78 is 5.93. The number of thioether (sulfide) groups is 1. The highest BCUT2D eigenvalue weighted by Crippen LogP contribution is 2.52. The highest BCUT2D eigenvalue weighted by atomic mass is 32.2. The van der Waals surface area contributed by atoms with Gasteiger partial charge < -0.3 is 4.74 Å². The predicted molar refractivity (Wildman–Crippen MR) is 88.9 cm³/mol. The number of carbonyl (C=O) groups is 1. The van der Waals surface area contributed by atoms with Crippen LogP contribution in [0.5, 0.6) is 0 Å². The van der Waals surface area contributed by atoms with E-state index in [2.05, 4.69) is 17.9 Å². The lowest BCUT2D eigenvalue weighted by Crippen LogP contribution is -2.47. The number of nitrogens with zero attached hydrogens (tertiary/aromatic N) is 2. The molecular weight excluding hydrogens is 296 g/mol. The van der Waals surface area contributed by atoms with Gasteiger partial charge in [0.05, 0.1) is 19.0 Å². The van der Waals surface area contributed by atoms with Crippen LogP contribution in [0.3, 0.4) is 0 Å². The minimum Gasteiger partial charge on any atom is -0.350 e. The Balaban J connectivity index is 1.64. The van der Waals surface area contributed by atoms with Gasteiger partial charge in [-0.2, -0.15) is 0 Å². The summed E-state index contributed by atoms with van der Waals surface area (Å²) in [4.78, 5) is 16.7. The van der Waals surface area contributed by atoms with Crippen LogP contribution < -0.4 is 4.90 Å². The molecule has 2 atom stereocenters. The van der Waals surface area contributed by atoms with Crippen molar-refractivity contribution in [3.8, 4) is 0 Å². The minimum absolute atomic E-state index is 0.106. The topological polar surface area (TPSA) is 32.8 Å². The van der Waals surface area contributed by atoms with E-state index in [-0.39, 0.29) is 5.91 Å². The van der Waals surface area contributed by atoms with E-state index >= 15 is 0 Å². The molecule has 5 heteroatoms. The second-order valence-corrected chi connectivity index (χ2v) is 7.80. The van der Waals surface area contributed by atoms with Crippen LogP contribution in [0.4, 0.5) is 5.69 Å². The summed E-state index contributed by atoms with van der Waals surface area (Å²) in [5.41, 5.74) is 2.06. The van der Waals surface area contributed by atoms with Gasteiger partial charge in [-0.3, -0.25) is 14.6 Å². The molecule has 4 nitrogen and oxygen atoms in total. The third-order valence-corrected chi connectivity index (χ3v) is 6.14. The molecule has 2 fully saturated rings. The third kappa shape index (κ3) is 2.18. The van der Waals surface area contributed by atoms with Crippen LogP contribution in [0, 0.1) is 5.92 Å². The largest absolute Gasteiger partial charge is 0.350 e. The number of carbonyl (C=O) groups excluding carboxylic acids is 1. The zero-order valence-electron chi connectivity index (χ0n) is 13.0. The third-order valence-electron chi connectivity index (χ3n) is 4.85. The van der Waals surface area contributed by atoms with Gasteiger partial charge in [0.15, 0.2) is 0 Å². The van der Waals surface area contributed by atoms with Crippen LogP contribution in [-0.4, -0.2) is 42.9 Å². The molecule has 2 saturated heterocycles. The molecule has 0 radical (unpaired) electrons. The summed E-state index contributed by atoms with van der Waals surface area (Å²) in [5.74, 6) is 1.71. The van der Waals surface area contributed by atoms with Crippen molar-refractivity contribution in [1.29, 1.82) is 0 Å². The fourth-order valence-corrected chi connectivity index (χ4v) is 5.02. The van der Waals surface area contributed by atoms with Gasteiger partial charge >= 0.3 is 0 Å². The normalized spacial score (nSPS) is 32.0. The van der Waals surface area contributed by atoms with Crippen LogP contribution in [0.15, 0.2) is 24.3 Å². The Morgan fingerprint density at radius 3 is 3.05 bits per heavy atom. The van der Waals surface area contributed by atoms with E-state index in [9.17, 15) is 4.79 Å². The number of hydrogen-bond donors (Lipinski definition) is 0. The van der Waals surface area contributed by atoms with E-state index in [0.29, 0.717) is 19.2 Å². The molecular formula is C17H22N2O2S. The van der Waals surface area contributed by atoms with Crippen molar-refractivity contribution in [2.24, 2.45) is 5.92 Å². The van der Waals surface area contributed by atoms with Gasteiger partial charge in [0.25, 0.3) is 5.91 Å². The number of ether oxygens (including phenoxy) is 1. The molecule has 1 aromatic rings. The number of rotatable bonds is 2. The van der Waals surface area contributed by atoms with E-state index in [0.717, 1.165) is 30.1 Å². The molecule has 2 unspecified atom stereocenters. The van der Waals surface area contributed by atoms with E-state index in [4.69, 9.17) is 4.74 Å². The Bertz CT molecular complexity index is 586. The molecule has 0 bridgehead atoms. The van der Waals surface area contributed by atoms with Gasteiger partial charge in [0, 0.05) is 17.9 Å². The smallest absolute Gasteiger partial charge is 0.275 e. The van der Waals surface area contributed by atoms with E-state index in [1.54, 1.807) is 11.8 Å². The molecule has 118 valence electrons. The van der Waals surface area contributed by atoms with Crippen molar-refractivity contribution in [1.82, 2.24) is 4.90 Å². The summed E-state index contributed by atoms with van der Waals surface area (Å²) in [7, 11) is 0. The highest BCUT2D eigenvalue weighted by Gasteiger charge is 2.55. The molecule has 1 aromatic carbocycles. The molecule has 0 aromatic heterocycles. The Labute approximate surface area is 135 Å². The van der Waals surface area contributed by atoms with Crippen molar-refractivity contribution < 1.29 is 9.53 Å². The first-order chi connectivity index (χ1) is 10.7. The van der Waals surface area contributed by atoms with Gasteiger partial charge in [-0.1, -0.05) is 25.1 Å². The highest BCUT2D eigenvalue weighted by molar-refractivity contribution is 8.01. The summed E-state index contributed by atoms with van der Waals surface area (Å²) in [6.07, 6.45) is 2.52. The quantitative estimate of drug-likeness (QED) is 0.839. The number of anilines is 1. The molecule has 4 rings (SSSR count). The molecule has 0 saturated carbocycles. The first kappa shape index (κ1) is 14.5. The van der Waals surface area contributed by atoms with Crippen LogP contribution in [0.25, 0.3) is 0 Å². The molecule has 3 aliphatic rings. The summed E-state index contributed by atoms with van der Waals surface area (Å²) >= 11 is 1.64. The Morgan fingerprint density at radius 2 is 2.27 bits per heavy atom. The van der Waals surface area contributed by atoms with Crippen molar-refractivity contribution >= 4 is 23.4 Å². The maximum Gasteiger partial charge on any atom is 0.275 e. The second kappa shape index (κ2) is 5.55. The molecule has 22 heavy (non-hydrogen) atoms. The fourth-order valence-electron chi connectivity index (χ4n) is 3.84. The minimum atomic E-state index is -0.780. The van der Waals surface area contributed by atoms with Crippen LogP contribution in [0.2, 0.25) is 0 Å². The maximum atomic E-state index is 13.1. The van der Waals surface area contributed by atoms with E-state index < -0.39 is 4.93 Å². The van der Waals surface area contributed by atoms with Gasteiger partial charge in [0.1, 0.15) is 0 Å². The molecule has 3 heterocycles. The van der Waals surface area contributed by atoms with Crippen LogP contribution in [0.1, 0.15) is 25.3 Å². The Kier molecular flexibility index (Phi) is 3.67. The standard InChI is InChI=1S/C17H22N2O2S/c1-13-5-4-8-18(11-13)12-19-15-7-3-2-6-14(15)17(16(19)20)21-9-10-22-17/h2-3,6-7,13H,4-5,8-12H2,1H3. The summed E-state index contributed by atoms with van der Waals surface area (Å²) in [6.45, 7) is 5.79. The zero-order valence-corrected chi connectivity index (χ0v) is 13.8. The first-order valence-corrected chi connectivity index (χ1v) is 9.11. The number of piperidine rings is 1. The molecule has 3 aliphatic heterocycles. The average Bonchev–Trinajstić information content (AvgIpc) is 3.10. The Hall–Kier alpha value is -1.04. The van der Waals surface area contributed by atoms with Crippen molar-refractivity contribution in [2.75, 3.05) is 37.0 Å². The van der Waals surface area contributed by atoms with Gasteiger partial charge in [-0.25, -0.2) is 0 Å². The van der Waals surface area contributed by atoms with Gasteiger partial charge in [-0.15, -0.1) is 11.8 Å². The zero-order chi connectivity index (χ0) is 15.2. The van der Waals surface area contributed by atoms with Crippen molar-refractivity contribution in [3.05, 3.63) is 29.8 Å². The van der Waals surface area contributed by atoms with Crippen molar-refractivity contribution in [2.45, 2.75) is 24.7 Å². The SMILES string of the molecule is CC1CCCN(CN2C(=O)C3(OCCS3)c3ccccc32)C1. The van der Waals surface area contributed by atoms with Crippen LogP contribution in [-0.2, 0) is 14.5 Å². The number of para-hydroxylation sites is 1. The number of hydrogen-bond acceptors (Lipinski definition) is 4. The van der Waals surface area contributed by atoms with E-state index in [1.807, 2.05) is 23.1 Å². The monoisotopic (exact) mass is 318 g/mol.